The second kappa shape index (κ2) is 6.83. The molecule has 0 spiro atoms. The Morgan fingerprint density at radius 2 is 1.71 bits per heavy atom. The second-order valence-electron chi connectivity index (χ2n) is 6.92. The normalized spacial score (nSPS) is 30.5. The van der Waals surface area contributed by atoms with E-state index < -0.39 is 0 Å². The van der Waals surface area contributed by atoms with Gasteiger partial charge in [-0.05, 0) is 61.8 Å². The van der Waals surface area contributed by atoms with E-state index in [9.17, 15) is 0 Å². The summed E-state index contributed by atoms with van der Waals surface area (Å²) in [6.07, 6.45) is 10.1. The molecule has 0 bridgehead atoms. The molecular weight excluding hydrogens is 258 g/mol. The zero-order valence-electron chi connectivity index (χ0n) is 13.5. The summed E-state index contributed by atoms with van der Waals surface area (Å²) in [5, 5.41) is 3.58. The third kappa shape index (κ3) is 3.26. The van der Waals surface area contributed by atoms with Gasteiger partial charge in [-0.2, -0.15) is 0 Å². The Bertz CT molecular complexity index is 441. The third-order valence-corrected chi connectivity index (χ3v) is 5.84. The Hall–Kier alpha value is -1.02. The maximum Gasteiger partial charge on any atom is 0.118 e. The smallest absolute Gasteiger partial charge is 0.118 e. The average molecular weight is 287 g/mol. The highest BCUT2D eigenvalue weighted by Gasteiger charge is 2.35. The van der Waals surface area contributed by atoms with Gasteiger partial charge in [0.1, 0.15) is 5.75 Å². The van der Waals surface area contributed by atoms with Gasteiger partial charge < -0.3 is 10.1 Å². The monoisotopic (exact) mass is 287 g/mol. The first kappa shape index (κ1) is 14.9. The Labute approximate surface area is 129 Å². The predicted octanol–water partition coefficient (Wildman–Crippen LogP) is 4.56. The van der Waals surface area contributed by atoms with Crippen LogP contribution in [0.2, 0.25) is 0 Å². The number of ether oxygens (including phenoxy) is 1. The molecule has 2 heteroatoms. The lowest BCUT2D eigenvalue weighted by molar-refractivity contribution is 0.111. The molecule has 0 aliphatic heterocycles. The van der Waals surface area contributed by atoms with Crippen molar-refractivity contribution >= 4 is 0 Å². The van der Waals surface area contributed by atoms with E-state index in [4.69, 9.17) is 4.74 Å². The van der Waals surface area contributed by atoms with Gasteiger partial charge in [-0.15, -0.1) is 0 Å². The number of fused-ring (bicyclic) bond motifs is 1. The molecule has 0 aromatic heterocycles. The largest absolute Gasteiger partial charge is 0.497 e. The number of nitrogens with one attached hydrogen (secondary N) is 1. The molecule has 0 heterocycles. The highest BCUT2D eigenvalue weighted by molar-refractivity contribution is 5.29. The first-order valence-electron chi connectivity index (χ1n) is 8.63. The molecule has 2 nitrogen and oxygen atoms in total. The first-order valence-corrected chi connectivity index (χ1v) is 8.63. The van der Waals surface area contributed by atoms with Crippen LogP contribution in [0.3, 0.4) is 0 Å². The van der Waals surface area contributed by atoms with E-state index in [1.165, 1.54) is 50.5 Å². The second-order valence-corrected chi connectivity index (χ2v) is 6.92. The van der Waals surface area contributed by atoms with Crippen molar-refractivity contribution in [3.8, 4) is 5.75 Å². The van der Waals surface area contributed by atoms with Crippen molar-refractivity contribution in [2.24, 2.45) is 17.8 Å². The molecule has 0 saturated heterocycles. The van der Waals surface area contributed by atoms with Gasteiger partial charge in [0.05, 0.1) is 7.11 Å². The third-order valence-electron chi connectivity index (χ3n) is 5.84. The van der Waals surface area contributed by atoms with Crippen LogP contribution in [-0.2, 0) is 0 Å². The summed E-state index contributed by atoms with van der Waals surface area (Å²) in [6.45, 7) is 0. The molecule has 4 unspecified atom stereocenters. The molecule has 21 heavy (non-hydrogen) atoms. The fourth-order valence-corrected chi connectivity index (χ4v) is 4.70. The summed E-state index contributed by atoms with van der Waals surface area (Å²) in [5.74, 6) is 3.77. The summed E-state index contributed by atoms with van der Waals surface area (Å²) in [7, 11) is 3.84. The van der Waals surface area contributed by atoms with E-state index in [0.29, 0.717) is 6.04 Å². The van der Waals surface area contributed by atoms with Gasteiger partial charge in [-0.1, -0.05) is 37.8 Å². The van der Waals surface area contributed by atoms with Crippen molar-refractivity contribution in [3.05, 3.63) is 29.8 Å². The molecular formula is C19H29NO. The number of methoxy groups -OCH3 is 1. The Morgan fingerprint density at radius 1 is 1.00 bits per heavy atom. The minimum absolute atomic E-state index is 0.499. The Morgan fingerprint density at radius 3 is 2.38 bits per heavy atom. The van der Waals surface area contributed by atoms with Crippen molar-refractivity contribution in [1.82, 2.24) is 5.32 Å². The van der Waals surface area contributed by atoms with Crippen LogP contribution >= 0.6 is 0 Å². The van der Waals surface area contributed by atoms with Crippen LogP contribution in [0, 0.1) is 17.8 Å². The number of hydrogen-bond acceptors (Lipinski definition) is 2. The minimum Gasteiger partial charge on any atom is -0.497 e. The molecule has 4 atom stereocenters. The number of hydrogen-bond donors (Lipinski definition) is 1. The SMILES string of the molecule is CNC(c1ccc(OC)cc1)C1CCC2CCCCC2C1. The van der Waals surface area contributed by atoms with Crippen LogP contribution in [0.1, 0.15) is 56.6 Å². The van der Waals surface area contributed by atoms with E-state index in [2.05, 4.69) is 36.6 Å². The molecule has 116 valence electrons. The van der Waals surface area contributed by atoms with Gasteiger partial charge in [0, 0.05) is 6.04 Å². The number of rotatable bonds is 4. The molecule has 2 saturated carbocycles. The lowest BCUT2D eigenvalue weighted by Crippen LogP contribution is -2.34. The summed E-state index contributed by atoms with van der Waals surface area (Å²) >= 11 is 0. The lowest BCUT2D eigenvalue weighted by Gasteiger charge is -2.42. The minimum atomic E-state index is 0.499. The van der Waals surface area contributed by atoms with E-state index in [1.54, 1.807) is 7.11 Å². The molecule has 2 fully saturated rings. The van der Waals surface area contributed by atoms with E-state index in [-0.39, 0.29) is 0 Å². The number of benzene rings is 1. The molecule has 0 radical (unpaired) electrons. The van der Waals surface area contributed by atoms with Crippen LogP contribution in [0.5, 0.6) is 5.75 Å². The predicted molar refractivity (Wildman–Crippen MR) is 87.6 cm³/mol. The molecule has 1 aromatic carbocycles. The van der Waals surface area contributed by atoms with Gasteiger partial charge in [0.2, 0.25) is 0 Å². The van der Waals surface area contributed by atoms with Crippen LogP contribution in [0.4, 0.5) is 0 Å². The lowest BCUT2D eigenvalue weighted by atomic mass is 9.65. The van der Waals surface area contributed by atoms with Crippen molar-refractivity contribution in [3.63, 3.8) is 0 Å². The van der Waals surface area contributed by atoms with E-state index in [0.717, 1.165) is 23.5 Å². The molecule has 3 rings (SSSR count). The molecule has 1 N–H and O–H groups in total. The standard InChI is InChI=1S/C19H29NO/c1-20-19(15-9-11-18(21-2)12-10-15)17-8-7-14-5-3-4-6-16(14)13-17/h9-12,14,16-17,19-20H,3-8,13H2,1-2H3. The summed E-state index contributed by atoms with van der Waals surface area (Å²) < 4.78 is 5.28. The quantitative estimate of drug-likeness (QED) is 0.876. The molecule has 2 aliphatic rings. The summed E-state index contributed by atoms with van der Waals surface area (Å²) in [4.78, 5) is 0. The van der Waals surface area contributed by atoms with Gasteiger partial charge in [-0.3, -0.25) is 0 Å². The molecule has 2 aliphatic carbocycles. The van der Waals surface area contributed by atoms with Crippen LogP contribution in [0.15, 0.2) is 24.3 Å². The topological polar surface area (TPSA) is 21.3 Å². The fraction of sp³-hybridized carbons (Fsp3) is 0.684. The maximum atomic E-state index is 5.28. The Balaban J connectivity index is 1.70. The van der Waals surface area contributed by atoms with Crippen molar-refractivity contribution < 1.29 is 4.74 Å². The zero-order chi connectivity index (χ0) is 14.7. The summed E-state index contributed by atoms with van der Waals surface area (Å²) in [5.41, 5.74) is 1.41. The van der Waals surface area contributed by atoms with Gasteiger partial charge in [-0.25, -0.2) is 0 Å². The van der Waals surface area contributed by atoms with Crippen LogP contribution in [0.25, 0.3) is 0 Å². The zero-order valence-corrected chi connectivity index (χ0v) is 13.5. The highest BCUT2D eigenvalue weighted by Crippen LogP contribution is 2.46. The van der Waals surface area contributed by atoms with Crippen molar-refractivity contribution in [2.45, 2.75) is 51.0 Å². The van der Waals surface area contributed by atoms with Crippen LogP contribution in [-0.4, -0.2) is 14.2 Å². The molecule has 1 aromatic rings. The Kier molecular flexibility index (Phi) is 4.84. The van der Waals surface area contributed by atoms with Gasteiger partial charge in [0.15, 0.2) is 0 Å². The van der Waals surface area contributed by atoms with Crippen molar-refractivity contribution in [1.29, 1.82) is 0 Å². The fourth-order valence-electron chi connectivity index (χ4n) is 4.70. The maximum absolute atomic E-state index is 5.28. The van der Waals surface area contributed by atoms with Gasteiger partial charge in [0.25, 0.3) is 0 Å². The summed E-state index contributed by atoms with van der Waals surface area (Å²) in [6, 6.07) is 9.14. The average Bonchev–Trinajstić information content (AvgIpc) is 2.56. The van der Waals surface area contributed by atoms with Crippen molar-refractivity contribution in [2.75, 3.05) is 14.2 Å². The highest BCUT2D eigenvalue weighted by atomic mass is 16.5. The van der Waals surface area contributed by atoms with Crippen LogP contribution < -0.4 is 10.1 Å². The first-order chi connectivity index (χ1) is 10.3. The van der Waals surface area contributed by atoms with Gasteiger partial charge >= 0.3 is 0 Å². The van der Waals surface area contributed by atoms with E-state index in [1.807, 2.05) is 0 Å². The molecule has 0 amide bonds. The van der Waals surface area contributed by atoms with E-state index >= 15 is 0 Å².